The van der Waals surface area contributed by atoms with E-state index in [1.807, 2.05) is 0 Å². The Labute approximate surface area is 228 Å². The molecule has 0 N–H and O–H groups in total. The Bertz CT molecular complexity index is 2020. The summed E-state index contributed by atoms with van der Waals surface area (Å²) in [4.78, 5) is 0. The molecule has 3 aliphatic carbocycles. The fraction of sp³-hybridized carbons (Fsp3) is 0.105. The summed E-state index contributed by atoms with van der Waals surface area (Å²) in [5.41, 5.74) is 19.5. The molecule has 9 rings (SSSR count). The minimum atomic E-state index is 0.967. The van der Waals surface area contributed by atoms with Crippen LogP contribution in [-0.2, 0) is 19.3 Å². The largest absolute Gasteiger partial charge is 0.309 e. The highest BCUT2D eigenvalue weighted by Gasteiger charge is 2.27. The van der Waals surface area contributed by atoms with Gasteiger partial charge in [-0.15, -0.1) is 0 Å². The minimum absolute atomic E-state index is 0.967. The lowest BCUT2D eigenvalue weighted by atomic mass is 9.93. The summed E-state index contributed by atoms with van der Waals surface area (Å²) in [7, 11) is 0. The van der Waals surface area contributed by atoms with Crippen LogP contribution in [0.4, 0.5) is 0 Å². The Morgan fingerprint density at radius 3 is 2.26 bits per heavy atom. The second-order valence-electron chi connectivity index (χ2n) is 11.2. The number of hydrogen-bond acceptors (Lipinski definition) is 0. The monoisotopic (exact) mass is 497 g/mol. The van der Waals surface area contributed by atoms with Crippen molar-refractivity contribution in [2.24, 2.45) is 0 Å². The van der Waals surface area contributed by atoms with Crippen LogP contribution in [0, 0.1) is 0 Å². The van der Waals surface area contributed by atoms with Gasteiger partial charge in [-0.2, -0.15) is 0 Å². The molecule has 0 aliphatic heterocycles. The predicted octanol–water partition coefficient (Wildman–Crippen LogP) is 9.40. The van der Waals surface area contributed by atoms with Crippen molar-refractivity contribution in [2.45, 2.75) is 25.7 Å². The Morgan fingerprint density at radius 2 is 1.28 bits per heavy atom. The van der Waals surface area contributed by atoms with Gasteiger partial charge in [0, 0.05) is 17.5 Å². The SMILES string of the molecule is C1=Cc2c(c3ccccc3n2-c2cccc3c2Cc2cc(-c4cccc5c4Cc4ccccc4-5)ccc2-3)CC1. The normalized spacial score (nSPS) is 14.2. The van der Waals surface area contributed by atoms with Crippen LogP contribution in [-0.4, -0.2) is 4.57 Å². The number of fused-ring (bicyclic) bond motifs is 9. The van der Waals surface area contributed by atoms with Crippen LogP contribution in [0.1, 0.15) is 39.9 Å². The van der Waals surface area contributed by atoms with Gasteiger partial charge in [0.05, 0.1) is 11.2 Å². The molecule has 1 nitrogen and oxygen atoms in total. The van der Waals surface area contributed by atoms with Gasteiger partial charge in [-0.25, -0.2) is 0 Å². The molecule has 0 fully saturated rings. The van der Waals surface area contributed by atoms with Crippen molar-refractivity contribution >= 4 is 17.0 Å². The van der Waals surface area contributed by atoms with E-state index < -0.39 is 0 Å². The Morgan fingerprint density at radius 1 is 0.538 bits per heavy atom. The second kappa shape index (κ2) is 7.94. The molecule has 6 aromatic rings. The van der Waals surface area contributed by atoms with Gasteiger partial charge in [0.15, 0.2) is 0 Å². The topological polar surface area (TPSA) is 4.93 Å². The highest BCUT2D eigenvalue weighted by Crippen LogP contribution is 2.46. The maximum absolute atomic E-state index is 2.52. The summed E-state index contributed by atoms with van der Waals surface area (Å²) in [6, 6.07) is 38.7. The Hall–Kier alpha value is -4.62. The third-order valence-electron chi connectivity index (χ3n) is 9.17. The first-order valence-electron chi connectivity index (χ1n) is 14.1. The smallest absolute Gasteiger partial charge is 0.0537 e. The molecule has 3 aliphatic rings. The van der Waals surface area contributed by atoms with Gasteiger partial charge in [-0.1, -0.05) is 97.1 Å². The molecule has 5 aromatic carbocycles. The van der Waals surface area contributed by atoms with E-state index in [9.17, 15) is 0 Å². The maximum Gasteiger partial charge on any atom is 0.0537 e. The lowest BCUT2D eigenvalue weighted by Crippen LogP contribution is -2.03. The first kappa shape index (κ1) is 21.3. The third kappa shape index (κ3) is 2.96. The molecule has 1 aromatic heterocycles. The van der Waals surface area contributed by atoms with Crippen LogP contribution in [0.15, 0.2) is 109 Å². The van der Waals surface area contributed by atoms with E-state index in [0.717, 1.165) is 25.7 Å². The molecule has 0 bridgehead atoms. The summed E-state index contributed by atoms with van der Waals surface area (Å²) < 4.78 is 2.52. The number of aryl methyl sites for hydroxylation is 1. The fourth-order valence-electron chi connectivity index (χ4n) is 7.46. The molecule has 0 saturated heterocycles. The van der Waals surface area contributed by atoms with Gasteiger partial charge in [-0.3, -0.25) is 0 Å². The average Bonchev–Trinajstić information content (AvgIpc) is 3.66. The Balaban J connectivity index is 1.18. The number of nitrogens with zero attached hydrogens (tertiary/aromatic N) is 1. The number of para-hydroxylation sites is 1. The van der Waals surface area contributed by atoms with E-state index in [-0.39, 0.29) is 0 Å². The van der Waals surface area contributed by atoms with E-state index in [4.69, 9.17) is 0 Å². The minimum Gasteiger partial charge on any atom is -0.309 e. The first-order valence-corrected chi connectivity index (χ1v) is 14.1. The summed E-state index contributed by atoms with van der Waals surface area (Å²) >= 11 is 0. The molecule has 1 heteroatoms. The van der Waals surface area contributed by atoms with Gasteiger partial charge < -0.3 is 4.57 Å². The molecular weight excluding hydrogens is 470 g/mol. The fourth-order valence-corrected chi connectivity index (χ4v) is 7.46. The molecule has 0 atom stereocenters. The number of allylic oxidation sites excluding steroid dienone is 1. The van der Waals surface area contributed by atoms with Crippen molar-refractivity contribution in [3.05, 3.63) is 143 Å². The van der Waals surface area contributed by atoms with Crippen molar-refractivity contribution in [3.63, 3.8) is 0 Å². The van der Waals surface area contributed by atoms with Crippen LogP contribution < -0.4 is 0 Å². The van der Waals surface area contributed by atoms with Crippen LogP contribution in [0.2, 0.25) is 0 Å². The lowest BCUT2D eigenvalue weighted by Gasteiger charge is -2.15. The lowest BCUT2D eigenvalue weighted by molar-refractivity contribution is 0.963. The zero-order valence-corrected chi connectivity index (χ0v) is 21.7. The van der Waals surface area contributed by atoms with Gasteiger partial charge >= 0.3 is 0 Å². The van der Waals surface area contributed by atoms with E-state index in [1.165, 1.54) is 83.5 Å². The van der Waals surface area contributed by atoms with Crippen molar-refractivity contribution in [3.8, 4) is 39.1 Å². The van der Waals surface area contributed by atoms with Crippen molar-refractivity contribution in [2.75, 3.05) is 0 Å². The summed E-state index contributed by atoms with van der Waals surface area (Å²) in [6.07, 6.45) is 8.89. The van der Waals surface area contributed by atoms with Crippen molar-refractivity contribution in [1.82, 2.24) is 4.57 Å². The zero-order valence-electron chi connectivity index (χ0n) is 21.7. The maximum atomic E-state index is 2.52. The molecule has 0 saturated carbocycles. The molecule has 0 spiro atoms. The second-order valence-corrected chi connectivity index (χ2v) is 11.2. The number of hydrogen-bond donors (Lipinski definition) is 0. The average molecular weight is 498 g/mol. The van der Waals surface area contributed by atoms with Crippen LogP contribution in [0.25, 0.3) is 56.0 Å². The summed E-state index contributed by atoms with van der Waals surface area (Å²) in [5.74, 6) is 0. The third-order valence-corrected chi connectivity index (χ3v) is 9.17. The van der Waals surface area contributed by atoms with Crippen molar-refractivity contribution < 1.29 is 0 Å². The number of rotatable bonds is 2. The molecule has 184 valence electrons. The van der Waals surface area contributed by atoms with E-state index in [0.29, 0.717) is 0 Å². The summed E-state index contributed by atoms with van der Waals surface area (Å²) in [6.45, 7) is 0. The highest BCUT2D eigenvalue weighted by atomic mass is 15.0. The highest BCUT2D eigenvalue weighted by molar-refractivity contribution is 5.93. The van der Waals surface area contributed by atoms with E-state index >= 15 is 0 Å². The molecule has 0 amide bonds. The van der Waals surface area contributed by atoms with Gasteiger partial charge in [0.1, 0.15) is 0 Å². The van der Waals surface area contributed by atoms with Crippen LogP contribution in [0.3, 0.4) is 0 Å². The molecule has 0 unspecified atom stereocenters. The Kier molecular flexibility index (Phi) is 4.34. The first-order chi connectivity index (χ1) is 19.3. The number of benzene rings is 5. The van der Waals surface area contributed by atoms with E-state index in [1.54, 1.807) is 0 Å². The van der Waals surface area contributed by atoms with Gasteiger partial charge in [-0.05, 0) is 98.7 Å². The standard InChI is InChI=1S/C38H27N/c1-2-10-27-24(9-1)22-34-28(13-7-14-30(27)34)25-19-20-29-26(21-25)23-35-31(29)15-8-18-38(35)39-36-16-5-3-11-32(36)33-12-4-6-17-37(33)39/h1-3,5-11,13-21H,4,12,22-23H2. The number of aromatic nitrogens is 1. The molecule has 1 heterocycles. The zero-order chi connectivity index (χ0) is 25.5. The van der Waals surface area contributed by atoms with E-state index in [2.05, 4.69) is 120 Å². The molecule has 39 heavy (non-hydrogen) atoms. The van der Waals surface area contributed by atoms with Crippen LogP contribution in [0.5, 0.6) is 0 Å². The quantitative estimate of drug-likeness (QED) is 0.224. The molecular formula is C38H27N. The molecule has 0 radical (unpaired) electrons. The van der Waals surface area contributed by atoms with Gasteiger partial charge in [0.25, 0.3) is 0 Å². The van der Waals surface area contributed by atoms with Crippen LogP contribution >= 0.6 is 0 Å². The summed E-state index contributed by atoms with van der Waals surface area (Å²) in [5, 5.41) is 1.39. The van der Waals surface area contributed by atoms with Crippen molar-refractivity contribution in [1.29, 1.82) is 0 Å². The van der Waals surface area contributed by atoms with Gasteiger partial charge in [0.2, 0.25) is 0 Å². The predicted molar refractivity (Wildman–Crippen MR) is 163 cm³/mol.